The maximum absolute atomic E-state index is 13.5. The number of ether oxygens (including phenoxy) is 1. The summed E-state index contributed by atoms with van der Waals surface area (Å²) in [6, 6.07) is 31.5. The van der Waals surface area contributed by atoms with Gasteiger partial charge < -0.3 is 15.0 Å². The average molecular weight is 587 g/mol. The second-order valence-corrected chi connectivity index (χ2v) is 12.1. The van der Waals surface area contributed by atoms with E-state index >= 15 is 0 Å². The molecule has 5 nitrogen and oxygen atoms in total. The number of carbonyl (C=O) groups is 2. The van der Waals surface area contributed by atoms with Crippen LogP contribution in [0.2, 0.25) is 0 Å². The lowest BCUT2D eigenvalue weighted by molar-refractivity contribution is -0.131. The second-order valence-electron chi connectivity index (χ2n) is 12.1. The van der Waals surface area contributed by atoms with Crippen LogP contribution in [-0.2, 0) is 29.7 Å². The van der Waals surface area contributed by atoms with E-state index in [9.17, 15) is 9.59 Å². The van der Waals surface area contributed by atoms with Crippen LogP contribution < -0.4 is 10.1 Å². The summed E-state index contributed by atoms with van der Waals surface area (Å²) >= 11 is 0. The van der Waals surface area contributed by atoms with Crippen LogP contribution in [0.4, 0.5) is 10.5 Å². The van der Waals surface area contributed by atoms with Crippen molar-refractivity contribution in [3.8, 4) is 17.6 Å². The standard InChI is InChI=1S/C39H42N2O3/c1-6-7-8-30-9-11-31(12-10-30)13-14-32-15-17-33(18-16-32)27-41(28-34-19-25-37(26-20-34)44-29(2)42)38(43)40-36-23-21-35(22-24-36)39(3,4)5/h9-12,15-26H,6-8,27-28H2,1-5H3,(H,40,43). The quantitative estimate of drug-likeness (QED) is 0.121. The molecule has 1 N–H and O–H groups in total. The molecule has 0 fully saturated rings. The van der Waals surface area contributed by atoms with Gasteiger partial charge in [0, 0.05) is 36.8 Å². The Balaban J connectivity index is 1.47. The Labute approximate surface area is 262 Å². The van der Waals surface area contributed by atoms with Crippen LogP contribution in [0, 0.1) is 11.8 Å². The van der Waals surface area contributed by atoms with E-state index in [0.717, 1.165) is 34.4 Å². The molecule has 0 saturated carbocycles. The lowest BCUT2D eigenvalue weighted by Crippen LogP contribution is -2.34. The molecule has 2 amide bonds. The number of nitrogens with one attached hydrogen (secondary N) is 1. The Morgan fingerprint density at radius 1 is 0.727 bits per heavy atom. The van der Waals surface area contributed by atoms with Crippen molar-refractivity contribution in [2.45, 2.75) is 72.4 Å². The van der Waals surface area contributed by atoms with E-state index < -0.39 is 0 Å². The molecular formula is C39H42N2O3. The zero-order valence-electron chi connectivity index (χ0n) is 26.4. The molecule has 0 atom stereocenters. The van der Waals surface area contributed by atoms with E-state index in [1.54, 1.807) is 17.0 Å². The van der Waals surface area contributed by atoms with Crippen LogP contribution in [0.5, 0.6) is 5.75 Å². The third kappa shape index (κ3) is 9.88. The van der Waals surface area contributed by atoms with Gasteiger partial charge in [-0.2, -0.15) is 0 Å². The summed E-state index contributed by atoms with van der Waals surface area (Å²) in [7, 11) is 0. The number of unbranched alkanes of at least 4 members (excludes halogenated alkanes) is 1. The van der Waals surface area contributed by atoms with Gasteiger partial charge in [0.15, 0.2) is 0 Å². The molecule has 4 rings (SSSR count). The van der Waals surface area contributed by atoms with Gasteiger partial charge in [0.1, 0.15) is 5.75 Å². The SMILES string of the molecule is CCCCc1ccc(C#Cc2ccc(CN(Cc3ccc(OC(C)=O)cc3)C(=O)Nc3ccc(C(C)(C)C)cc3)cc2)cc1. The summed E-state index contributed by atoms with van der Waals surface area (Å²) in [5, 5.41) is 3.06. The van der Waals surface area contributed by atoms with E-state index in [4.69, 9.17) is 4.74 Å². The predicted molar refractivity (Wildman–Crippen MR) is 179 cm³/mol. The lowest BCUT2D eigenvalue weighted by Gasteiger charge is -2.24. The van der Waals surface area contributed by atoms with E-state index in [1.165, 1.54) is 30.9 Å². The van der Waals surface area contributed by atoms with Crippen LogP contribution in [-0.4, -0.2) is 16.9 Å². The molecule has 5 heteroatoms. The first-order chi connectivity index (χ1) is 21.1. The molecule has 0 heterocycles. The topological polar surface area (TPSA) is 58.6 Å². The molecule has 44 heavy (non-hydrogen) atoms. The summed E-state index contributed by atoms with van der Waals surface area (Å²) in [5.74, 6) is 6.61. The maximum atomic E-state index is 13.5. The molecule has 0 bridgehead atoms. The molecule has 0 aromatic heterocycles. The van der Waals surface area contributed by atoms with E-state index in [2.05, 4.69) is 69.1 Å². The summed E-state index contributed by atoms with van der Waals surface area (Å²) in [6.07, 6.45) is 3.49. The molecule has 4 aromatic carbocycles. The molecule has 0 saturated heterocycles. The number of rotatable bonds is 9. The van der Waals surface area contributed by atoms with Crippen LogP contribution in [0.1, 0.15) is 80.8 Å². The monoisotopic (exact) mass is 586 g/mol. The minimum absolute atomic E-state index is 0.0300. The van der Waals surface area contributed by atoms with Gasteiger partial charge in [0.25, 0.3) is 0 Å². The largest absolute Gasteiger partial charge is 0.427 e. The first kappa shape index (κ1) is 32.1. The number of hydrogen-bond donors (Lipinski definition) is 1. The third-order valence-electron chi connectivity index (χ3n) is 7.30. The number of esters is 1. The molecule has 0 aliphatic heterocycles. The lowest BCUT2D eigenvalue weighted by atomic mass is 9.87. The van der Waals surface area contributed by atoms with Gasteiger partial charge in [-0.1, -0.05) is 94.5 Å². The van der Waals surface area contributed by atoms with E-state index in [1.807, 2.05) is 60.7 Å². The number of aryl methyl sites for hydroxylation is 1. The van der Waals surface area contributed by atoms with Gasteiger partial charge in [-0.3, -0.25) is 4.79 Å². The number of anilines is 1. The second kappa shape index (κ2) is 15.1. The zero-order chi connectivity index (χ0) is 31.5. The third-order valence-corrected chi connectivity index (χ3v) is 7.30. The Hall–Kier alpha value is -4.82. The highest BCUT2D eigenvalue weighted by atomic mass is 16.5. The molecule has 0 radical (unpaired) electrons. The van der Waals surface area contributed by atoms with Crippen LogP contribution in [0.3, 0.4) is 0 Å². The molecule has 0 aliphatic carbocycles. The van der Waals surface area contributed by atoms with Gasteiger partial charge in [-0.15, -0.1) is 0 Å². The summed E-state index contributed by atoms with van der Waals surface area (Å²) in [5.41, 5.74) is 7.13. The van der Waals surface area contributed by atoms with Crippen molar-refractivity contribution in [1.82, 2.24) is 4.90 Å². The van der Waals surface area contributed by atoms with Crippen molar-refractivity contribution in [2.75, 3.05) is 5.32 Å². The Bertz CT molecular complexity index is 1590. The number of hydrogen-bond acceptors (Lipinski definition) is 3. The number of amides is 2. The molecule has 0 aliphatic rings. The maximum Gasteiger partial charge on any atom is 0.322 e. The van der Waals surface area contributed by atoms with Crippen LogP contribution >= 0.6 is 0 Å². The minimum atomic E-state index is -0.371. The zero-order valence-corrected chi connectivity index (χ0v) is 26.4. The predicted octanol–water partition coefficient (Wildman–Crippen LogP) is 8.89. The first-order valence-electron chi connectivity index (χ1n) is 15.2. The van der Waals surface area contributed by atoms with Gasteiger partial charge in [0.2, 0.25) is 0 Å². The van der Waals surface area contributed by atoms with Crippen molar-refractivity contribution in [3.05, 3.63) is 130 Å². The van der Waals surface area contributed by atoms with E-state index in [-0.39, 0.29) is 17.4 Å². The summed E-state index contributed by atoms with van der Waals surface area (Å²) in [4.78, 5) is 26.6. The van der Waals surface area contributed by atoms with Gasteiger partial charge >= 0.3 is 12.0 Å². The molecule has 226 valence electrons. The van der Waals surface area contributed by atoms with Crippen molar-refractivity contribution in [2.24, 2.45) is 0 Å². The molecule has 0 unspecified atom stereocenters. The highest BCUT2D eigenvalue weighted by molar-refractivity contribution is 5.89. The van der Waals surface area contributed by atoms with Crippen LogP contribution in [0.15, 0.2) is 97.1 Å². The normalized spacial score (nSPS) is 10.8. The number of urea groups is 1. The highest BCUT2D eigenvalue weighted by Gasteiger charge is 2.17. The Morgan fingerprint density at radius 2 is 1.23 bits per heavy atom. The highest BCUT2D eigenvalue weighted by Crippen LogP contribution is 2.24. The van der Waals surface area contributed by atoms with Crippen molar-refractivity contribution in [1.29, 1.82) is 0 Å². The van der Waals surface area contributed by atoms with Crippen molar-refractivity contribution >= 4 is 17.7 Å². The fourth-order valence-corrected chi connectivity index (χ4v) is 4.70. The minimum Gasteiger partial charge on any atom is -0.427 e. The number of benzene rings is 4. The van der Waals surface area contributed by atoms with Crippen LogP contribution in [0.25, 0.3) is 0 Å². The fraction of sp³-hybridized carbons (Fsp3) is 0.282. The molecular weight excluding hydrogens is 544 g/mol. The number of carbonyl (C=O) groups excluding carboxylic acids is 2. The van der Waals surface area contributed by atoms with Gasteiger partial charge in [0.05, 0.1) is 0 Å². The summed E-state index contributed by atoms with van der Waals surface area (Å²) in [6.45, 7) is 10.9. The van der Waals surface area contributed by atoms with Crippen molar-refractivity contribution < 1.29 is 14.3 Å². The molecule has 4 aromatic rings. The van der Waals surface area contributed by atoms with Gasteiger partial charge in [-0.25, -0.2) is 4.79 Å². The number of nitrogens with zero attached hydrogens (tertiary/aromatic N) is 1. The van der Waals surface area contributed by atoms with Gasteiger partial charge in [-0.05, 0) is 89.0 Å². The average Bonchev–Trinajstić information content (AvgIpc) is 3.00. The first-order valence-corrected chi connectivity index (χ1v) is 15.2. The molecule has 0 spiro atoms. The summed E-state index contributed by atoms with van der Waals surface area (Å²) < 4.78 is 5.17. The fourth-order valence-electron chi connectivity index (χ4n) is 4.70. The van der Waals surface area contributed by atoms with Crippen molar-refractivity contribution in [3.63, 3.8) is 0 Å². The Morgan fingerprint density at radius 3 is 1.70 bits per heavy atom. The van der Waals surface area contributed by atoms with E-state index in [0.29, 0.717) is 18.8 Å². The smallest absolute Gasteiger partial charge is 0.322 e. The Kier molecular flexibility index (Phi) is 11.0.